The van der Waals surface area contributed by atoms with Gasteiger partial charge in [-0.15, -0.1) is 0 Å². The van der Waals surface area contributed by atoms with Crippen LogP contribution in [0.2, 0.25) is 0 Å². The van der Waals surface area contributed by atoms with Crippen LogP contribution in [0.5, 0.6) is 0 Å². The van der Waals surface area contributed by atoms with E-state index in [-0.39, 0.29) is 6.61 Å². The molecule has 0 spiro atoms. The molecule has 0 amide bonds. The summed E-state index contributed by atoms with van der Waals surface area (Å²) in [4.78, 5) is 11.0. The van der Waals surface area contributed by atoms with Gasteiger partial charge in [-0.3, -0.25) is 0 Å². The largest absolute Gasteiger partial charge is 0.461 e. The summed E-state index contributed by atoms with van der Waals surface area (Å²) in [5, 5.41) is 17.3. The molecule has 0 saturated heterocycles. The Bertz CT molecular complexity index is 147. The van der Waals surface area contributed by atoms with Gasteiger partial charge in [-0.05, 0) is 13.8 Å². The van der Waals surface area contributed by atoms with Crippen molar-refractivity contribution in [3.63, 3.8) is 0 Å². The molecule has 0 saturated carbocycles. The van der Waals surface area contributed by atoms with Crippen molar-refractivity contribution < 1.29 is 24.5 Å². The second-order valence-electron chi connectivity index (χ2n) is 2.56. The molecule has 13 heavy (non-hydrogen) atoms. The lowest BCUT2D eigenvalue weighted by Gasteiger charge is -2.12. The molecule has 0 aliphatic carbocycles. The van der Waals surface area contributed by atoms with E-state index in [4.69, 9.17) is 14.9 Å². The first kappa shape index (κ1) is 12.3. The summed E-state index contributed by atoms with van der Waals surface area (Å²) in [5.74, 6) is -0.533. The van der Waals surface area contributed by atoms with Gasteiger partial charge in [-0.25, -0.2) is 4.79 Å². The molecular formula is C8H16O5. The third-order valence-corrected chi connectivity index (χ3v) is 1.38. The molecule has 5 heteroatoms. The minimum absolute atomic E-state index is 0.202. The van der Waals surface area contributed by atoms with Crippen LogP contribution in [-0.4, -0.2) is 48.2 Å². The van der Waals surface area contributed by atoms with Gasteiger partial charge in [0.2, 0.25) is 0 Å². The molecule has 0 bridgehead atoms. The van der Waals surface area contributed by atoms with E-state index in [0.717, 1.165) is 0 Å². The normalized spacial score (nSPS) is 15.1. The maximum absolute atomic E-state index is 11.0. The number of aliphatic hydroxyl groups is 2. The molecule has 0 radical (unpaired) electrons. The van der Waals surface area contributed by atoms with Gasteiger partial charge in [0.25, 0.3) is 0 Å². The van der Waals surface area contributed by atoms with Crippen molar-refractivity contribution in [3.8, 4) is 0 Å². The molecule has 2 atom stereocenters. The zero-order chi connectivity index (χ0) is 10.3. The van der Waals surface area contributed by atoms with E-state index in [1.165, 1.54) is 0 Å². The van der Waals surface area contributed by atoms with Gasteiger partial charge >= 0.3 is 5.97 Å². The van der Waals surface area contributed by atoms with Crippen LogP contribution in [0.25, 0.3) is 0 Å². The monoisotopic (exact) mass is 192 g/mol. The minimum atomic E-state index is -1.02. The predicted octanol–water partition coefficient (Wildman–Crippen LogP) is -0.692. The average Bonchev–Trinajstić information content (AvgIpc) is 2.13. The van der Waals surface area contributed by atoms with Crippen LogP contribution in [0.3, 0.4) is 0 Å². The predicted molar refractivity (Wildman–Crippen MR) is 45.1 cm³/mol. The van der Waals surface area contributed by atoms with E-state index in [0.29, 0.717) is 6.61 Å². The summed E-state index contributed by atoms with van der Waals surface area (Å²) < 4.78 is 9.59. The van der Waals surface area contributed by atoms with Gasteiger partial charge in [-0.2, -0.15) is 0 Å². The van der Waals surface area contributed by atoms with Crippen molar-refractivity contribution in [2.45, 2.75) is 26.1 Å². The first-order valence-electron chi connectivity index (χ1n) is 4.19. The maximum atomic E-state index is 11.0. The fourth-order valence-electron chi connectivity index (χ4n) is 0.666. The minimum Gasteiger partial charge on any atom is -0.461 e. The zero-order valence-electron chi connectivity index (χ0n) is 7.90. The number of hydrogen-bond donors (Lipinski definition) is 2. The molecule has 0 aliphatic rings. The molecule has 0 rings (SSSR count). The van der Waals surface area contributed by atoms with Crippen LogP contribution in [-0.2, 0) is 14.3 Å². The van der Waals surface area contributed by atoms with Crippen LogP contribution < -0.4 is 0 Å². The summed E-state index contributed by atoms with van der Waals surface area (Å²) >= 11 is 0. The number of esters is 1. The van der Waals surface area contributed by atoms with E-state index >= 15 is 0 Å². The van der Waals surface area contributed by atoms with Crippen molar-refractivity contribution in [2.24, 2.45) is 0 Å². The van der Waals surface area contributed by atoms with Crippen molar-refractivity contribution in [1.82, 2.24) is 0 Å². The molecule has 2 unspecified atom stereocenters. The Labute approximate surface area is 77.3 Å². The molecule has 0 aromatic carbocycles. The second kappa shape index (κ2) is 6.82. The number of rotatable bonds is 6. The van der Waals surface area contributed by atoms with Crippen LogP contribution in [0.1, 0.15) is 13.8 Å². The quantitative estimate of drug-likeness (QED) is 0.545. The third kappa shape index (κ3) is 5.57. The third-order valence-electron chi connectivity index (χ3n) is 1.38. The summed E-state index contributed by atoms with van der Waals surface area (Å²) in [6.07, 6.45) is -1.64. The highest BCUT2D eigenvalue weighted by molar-refractivity contribution is 5.74. The Balaban J connectivity index is 3.61. The van der Waals surface area contributed by atoms with E-state index in [1.54, 1.807) is 13.8 Å². The Hall–Kier alpha value is -0.650. The molecule has 78 valence electrons. The lowest BCUT2D eigenvalue weighted by molar-refractivity contribution is -0.159. The highest BCUT2D eigenvalue weighted by Crippen LogP contribution is 1.95. The van der Waals surface area contributed by atoms with Gasteiger partial charge < -0.3 is 19.7 Å². The first-order chi connectivity index (χ1) is 6.11. The second-order valence-corrected chi connectivity index (χ2v) is 2.56. The molecule has 0 heterocycles. The Morgan fingerprint density at radius 3 is 2.62 bits per heavy atom. The molecule has 0 aromatic heterocycles. The lowest BCUT2D eigenvalue weighted by atomic mass is 10.4. The number of aliphatic hydroxyl groups excluding tert-OH is 2. The Kier molecular flexibility index (Phi) is 6.48. The van der Waals surface area contributed by atoms with E-state index in [2.05, 4.69) is 4.74 Å². The molecule has 2 N–H and O–H groups in total. The molecule has 0 aliphatic heterocycles. The van der Waals surface area contributed by atoms with Gasteiger partial charge in [0, 0.05) is 6.61 Å². The van der Waals surface area contributed by atoms with Crippen molar-refractivity contribution in [1.29, 1.82) is 0 Å². The standard InChI is InChI=1S/C8H16O5/c1-3-12-6(2)8(11)13-5-7(10)4-9/h6-7,9-10H,3-5H2,1-2H3. The Morgan fingerprint density at radius 1 is 1.54 bits per heavy atom. The molecular weight excluding hydrogens is 176 g/mol. The lowest BCUT2D eigenvalue weighted by Crippen LogP contribution is -2.28. The summed E-state index contributed by atoms with van der Waals surface area (Å²) in [6.45, 7) is 3.14. The van der Waals surface area contributed by atoms with Gasteiger partial charge in [-0.1, -0.05) is 0 Å². The smallest absolute Gasteiger partial charge is 0.335 e. The van der Waals surface area contributed by atoms with Crippen molar-refractivity contribution in [3.05, 3.63) is 0 Å². The number of carbonyl (C=O) groups excluding carboxylic acids is 1. The average molecular weight is 192 g/mol. The Morgan fingerprint density at radius 2 is 2.15 bits per heavy atom. The summed E-state index contributed by atoms with van der Waals surface area (Å²) in [7, 11) is 0. The highest BCUT2D eigenvalue weighted by atomic mass is 16.6. The summed E-state index contributed by atoms with van der Waals surface area (Å²) in [5.41, 5.74) is 0. The highest BCUT2D eigenvalue weighted by Gasteiger charge is 2.15. The van der Waals surface area contributed by atoms with Crippen LogP contribution >= 0.6 is 0 Å². The van der Waals surface area contributed by atoms with Crippen LogP contribution in [0.4, 0.5) is 0 Å². The van der Waals surface area contributed by atoms with Crippen LogP contribution in [0.15, 0.2) is 0 Å². The van der Waals surface area contributed by atoms with E-state index < -0.39 is 24.8 Å². The van der Waals surface area contributed by atoms with Gasteiger partial charge in [0.05, 0.1) is 6.61 Å². The maximum Gasteiger partial charge on any atom is 0.335 e. The first-order valence-corrected chi connectivity index (χ1v) is 4.19. The summed E-state index contributed by atoms with van der Waals surface area (Å²) in [6, 6.07) is 0. The fraction of sp³-hybridized carbons (Fsp3) is 0.875. The molecule has 0 aromatic rings. The SMILES string of the molecule is CCOC(C)C(=O)OCC(O)CO. The molecule has 0 fully saturated rings. The van der Waals surface area contributed by atoms with Gasteiger partial charge in [0.15, 0.2) is 6.10 Å². The van der Waals surface area contributed by atoms with Crippen LogP contribution in [0, 0.1) is 0 Å². The number of ether oxygens (including phenoxy) is 2. The topological polar surface area (TPSA) is 76.0 Å². The van der Waals surface area contributed by atoms with E-state index in [9.17, 15) is 4.79 Å². The van der Waals surface area contributed by atoms with Crippen molar-refractivity contribution >= 4 is 5.97 Å². The van der Waals surface area contributed by atoms with E-state index in [1.807, 2.05) is 0 Å². The zero-order valence-corrected chi connectivity index (χ0v) is 7.90. The number of hydrogen-bond acceptors (Lipinski definition) is 5. The van der Waals surface area contributed by atoms with Gasteiger partial charge in [0.1, 0.15) is 12.7 Å². The number of carbonyl (C=O) groups is 1. The molecule has 5 nitrogen and oxygen atoms in total. The fourth-order valence-corrected chi connectivity index (χ4v) is 0.666. The van der Waals surface area contributed by atoms with Crippen molar-refractivity contribution in [2.75, 3.05) is 19.8 Å².